The molecule has 0 bridgehead atoms. The Balaban J connectivity index is 2.71. The number of nitrogens with two attached hydrogens (primary N) is 3. The number of hydrogen-bond donors (Lipinski definition) is 5. The summed E-state index contributed by atoms with van der Waals surface area (Å²) in [6, 6.07) is 7.93. The molecule has 0 aliphatic heterocycles. The summed E-state index contributed by atoms with van der Waals surface area (Å²) in [5.41, 5.74) is 21.7. The lowest BCUT2D eigenvalue weighted by atomic mass is 10.1. The van der Waals surface area contributed by atoms with E-state index < -0.39 is 0 Å². The van der Waals surface area contributed by atoms with E-state index in [9.17, 15) is 0 Å². The first kappa shape index (κ1) is 12.0. The summed E-state index contributed by atoms with van der Waals surface area (Å²) in [5.74, 6) is 0.550. The third-order valence-electron chi connectivity index (χ3n) is 1.96. The lowest BCUT2D eigenvalue weighted by molar-refractivity contribution is -0.519. The van der Waals surface area contributed by atoms with Crippen LogP contribution in [0.4, 0.5) is 0 Å². The van der Waals surface area contributed by atoms with Crippen LogP contribution >= 0.6 is 0 Å². The van der Waals surface area contributed by atoms with E-state index in [2.05, 4.69) is 15.7 Å². The highest BCUT2D eigenvalue weighted by molar-refractivity contribution is 5.75. The predicted octanol–water partition coefficient (Wildman–Crippen LogP) is -3.40. The average molecular weight is 222 g/mol. The SMILES string of the molecule is NC(N)=NCc1cccc(C[NH+]=C(N)[NH3+])c1. The molecule has 6 nitrogen and oxygen atoms in total. The Labute approximate surface area is 94.0 Å². The first-order chi connectivity index (χ1) is 7.58. The lowest BCUT2D eigenvalue weighted by Crippen LogP contribution is -2.87. The van der Waals surface area contributed by atoms with Gasteiger partial charge in [0.25, 0.3) is 0 Å². The summed E-state index contributed by atoms with van der Waals surface area (Å²) in [6.07, 6.45) is 0. The predicted molar refractivity (Wildman–Crippen MR) is 62.7 cm³/mol. The van der Waals surface area contributed by atoms with Gasteiger partial charge < -0.3 is 11.5 Å². The van der Waals surface area contributed by atoms with Crippen LogP contribution in [0.15, 0.2) is 29.3 Å². The van der Waals surface area contributed by atoms with Crippen molar-refractivity contribution in [2.45, 2.75) is 13.1 Å². The lowest BCUT2D eigenvalue weighted by Gasteiger charge is -2.00. The first-order valence-corrected chi connectivity index (χ1v) is 4.89. The Kier molecular flexibility index (Phi) is 4.28. The van der Waals surface area contributed by atoms with Gasteiger partial charge in [-0.1, -0.05) is 24.3 Å². The quantitative estimate of drug-likeness (QED) is 0.268. The second-order valence-electron chi connectivity index (χ2n) is 3.44. The van der Waals surface area contributed by atoms with Crippen molar-refractivity contribution in [3.63, 3.8) is 0 Å². The van der Waals surface area contributed by atoms with Gasteiger partial charge in [0, 0.05) is 0 Å². The maximum atomic E-state index is 5.42. The van der Waals surface area contributed by atoms with Gasteiger partial charge in [-0.2, -0.15) is 0 Å². The molecule has 6 heteroatoms. The van der Waals surface area contributed by atoms with Crippen molar-refractivity contribution in [2.24, 2.45) is 22.2 Å². The fourth-order valence-electron chi connectivity index (χ4n) is 1.24. The Morgan fingerprint density at radius 1 is 1.25 bits per heavy atom. The number of aliphatic imine (C=N–C) groups is 1. The zero-order valence-corrected chi connectivity index (χ0v) is 9.11. The summed E-state index contributed by atoms with van der Waals surface area (Å²) in [7, 11) is 0. The second-order valence-corrected chi connectivity index (χ2v) is 3.44. The molecule has 0 fully saturated rings. The van der Waals surface area contributed by atoms with Crippen LogP contribution in [0.3, 0.4) is 0 Å². The molecule has 0 heterocycles. The topological polar surface area (TPSA) is 132 Å². The van der Waals surface area contributed by atoms with Crippen LogP contribution in [0.1, 0.15) is 11.1 Å². The summed E-state index contributed by atoms with van der Waals surface area (Å²) in [4.78, 5) is 6.89. The van der Waals surface area contributed by atoms with Crippen LogP contribution in [0.2, 0.25) is 0 Å². The van der Waals surface area contributed by atoms with Crippen LogP contribution in [0, 0.1) is 0 Å². The number of hydrogen-bond acceptors (Lipinski definition) is 1. The van der Waals surface area contributed by atoms with Crippen molar-refractivity contribution in [3.8, 4) is 0 Å². The van der Waals surface area contributed by atoms with Crippen molar-refractivity contribution in [1.29, 1.82) is 0 Å². The molecule has 1 aromatic carbocycles. The minimum absolute atomic E-state index is 0.0962. The maximum Gasteiger partial charge on any atom is 0.434 e. The number of quaternary nitrogens is 1. The molecule has 86 valence electrons. The van der Waals surface area contributed by atoms with Crippen molar-refractivity contribution in [1.82, 2.24) is 0 Å². The first-order valence-electron chi connectivity index (χ1n) is 4.89. The molecule has 0 amide bonds. The van der Waals surface area contributed by atoms with E-state index in [0.717, 1.165) is 11.1 Å². The Hall–Kier alpha value is -2.08. The standard InChI is InChI=1S/C10H16N6/c11-9(12)15-5-7-2-1-3-8(4-7)6-16-10(13)14/h1-4H,5-6H2,(H4,11,12,15)(H4,13,14,16)/p+2. The van der Waals surface area contributed by atoms with Gasteiger partial charge in [-0.15, -0.1) is 0 Å². The minimum Gasteiger partial charge on any atom is -0.370 e. The van der Waals surface area contributed by atoms with Crippen LogP contribution in [-0.2, 0) is 13.1 Å². The molecule has 0 atom stereocenters. The molecule has 0 aliphatic carbocycles. The molecule has 0 radical (unpaired) electrons. The van der Waals surface area contributed by atoms with Gasteiger partial charge in [-0.05, 0) is 11.1 Å². The van der Waals surface area contributed by atoms with Crippen molar-refractivity contribution >= 4 is 11.9 Å². The number of nitrogens with zero attached hydrogens (tertiary/aromatic N) is 1. The molecule has 1 rings (SSSR count). The van der Waals surface area contributed by atoms with E-state index in [1.165, 1.54) is 0 Å². The number of rotatable bonds is 4. The van der Waals surface area contributed by atoms with Crippen molar-refractivity contribution in [3.05, 3.63) is 35.4 Å². The second kappa shape index (κ2) is 5.72. The molecular weight excluding hydrogens is 204 g/mol. The molecule has 10 N–H and O–H groups in total. The van der Waals surface area contributed by atoms with Crippen LogP contribution < -0.4 is 27.9 Å². The van der Waals surface area contributed by atoms with Gasteiger partial charge in [-0.3, -0.25) is 5.73 Å². The molecule has 0 spiro atoms. The smallest absolute Gasteiger partial charge is 0.370 e. The fraction of sp³-hybridized carbons (Fsp3) is 0.200. The molecule has 0 aliphatic rings. The summed E-state index contributed by atoms with van der Waals surface area (Å²) < 4.78 is 0. The van der Waals surface area contributed by atoms with Gasteiger partial charge >= 0.3 is 5.96 Å². The molecule has 0 saturated heterocycles. The van der Waals surface area contributed by atoms with Gasteiger partial charge in [0.05, 0.1) is 6.54 Å². The Bertz CT molecular complexity index is 366. The highest BCUT2D eigenvalue weighted by Gasteiger charge is 1.98. The van der Waals surface area contributed by atoms with Gasteiger partial charge in [0.1, 0.15) is 6.54 Å². The minimum atomic E-state index is 0.0962. The zero-order valence-electron chi connectivity index (χ0n) is 9.11. The van der Waals surface area contributed by atoms with E-state index in [0.29, 0.717) is 19.0 Å². The normalized spacial score (nSPS) is 11.2. The number of nitrogens with one attached hydrogen (secondary N) is 1. The molecule has 1 aromatic rings. The third kappa shape index (κ3) is 4.43. The van der Waals surface area contributed by atoms with E-state index in [4.69, 9.17) is 17.2 Å². The molecule has 0 saturated carbocycles. The monoisotopic (exact) mass is 222 g/mol. The molecular formula is C10H18N6+2. The van der Waals surface area contributed by atoms with E-state index in [1.54, 1.807) is 0 Å². The van der Waals surface area contributed by atoms with Gasteiger partial charge in [0.15, 0.2) is 5.96 Å². The highest BCUT2D eigenvalue weighted by atomic mass is 15.0. The maximum absolute atomic E-state index is 5.42. The average Bonchev–Trinajstić information content (AvgIpc) is 2.24. The molecule has 0 unspecified atom stereocenters. The molecule has 0 aromatic heterocycles. The van der Waals surface area contributed by atoms with Crippen molar-refractivity contribution in [2.75, 3.05) is 0 Å². The van der Waals surface area contributed by atoms with Crippen LogP contribution in [0.5, 0.6) is 0 Å². The van der Waals surface area contributed by atoms with Gasteiger partial charge in [0.2, 0.25) is 0 Å². The van der Waals surface area contributed by atoms with Crippen molar-refractivity contribution < 1.29 is 10.7 Å². The Morgan fingerprint density at radius 2 is 1.94 bits per heavy atom. The highest BCUT2D eigenvalue weighted by Crippen LogP contribution is 2.05. The number of benzene rings is 1. The summed E-state index contributed by atoms with van der Waals surface area (Å²) in [6.45, 7) is 1.13. The zero-order chi connectivity index (χ0) is 12.0. The van der Waals surface area contributed by atoms with Crippen LogP contribution in [0.25, 0.3) is 0 Å². The van der Waals surface area contributed by atoms with E-state index in [1.807, 2.05) is 24.3 Å². The Morgan fingerprint density at radius 3 is 2.56 bits per heavy atom. The summed E-state index contributed by atoms with van der Waals surface area (Å²) in [5, 5.41) is 0. The van der Waals surface area contributed by atoms with Gasteiger partial charge in [-0.25, -0.2) is 15.7 Å². The molecule has 16 heavy (non-hydrogen) atoms. The van der Waals surface area contributed by atoms with Crippen LogP contribution in [-0.4, -0.2) is 11.9 Å². The van der Waals surface area contributed by atoms with E-state index >= 15 is 0 Å². The fourth-order valence-corrected chi connectivity index (χ4v) is 1.24. The number of guanidine groups is 2. The third-order valence-corrected chi connectivity index (χ3v) is 1.96. The van der Waals surface area contributed by atoms with E-state index in [-0.39, 0.29) is 5.96 Å². The summed E-state index contributed by atoms with van der Waals surface area (Å²) >= 11 is 0. The largest absolute Gasteiger partial charge is 0.434 e.